The van der Waals surface area contributed by atoms with Crippen LogP contribution >= 0.6 is 11.6 Å². The Morgan fingerprint density at radius 1 is 1.35 bits per heavy atom. The van der Waals surface area contributed by atoms with Gasteiger partial charge in [-0.3, -0.25) is 0 Å². The molecule has 1 heterocycles. The summed E-state index contributed by atoms with van der Waals surface area (Å²) in [5, 5.41) is 12.2. The van der Waals surface area contributed by atoms with Gasteiger partial charge in [-0.25, -0.2) is 4.79 Å². The molecule has 0 bridgehead atoms. The van der Waals surface area contributed by atoms with Crippen molar-refractivity contribution < 1.29 is 14.3 Å². The van der Waals surface area contributed by atoms with Crippen LogP contribution in [-0.4, -0.2) is 11.1 Å². The predicted molar refractivity (Wildman–Crippen MR) is 65.1 cm³/mol. The van der Waals surface area contributed by atoms with Gasteiger partial charge in [0.2, 0.25) is 5.76 Å². The Bertz CT molecular complexity index is 563. The molecule has 2 N–H and O–H groups in total. The summed E-state index contributed by atoms with van der Waals surface area (Å²) in [6.45, 7) is 1.94. The van der Waals surface area contributed by atoms with Crippen LogP contribution in [0.3, 0.4) is 0 Å². The first-order valence-electron chi connectivity index (χ1n) is 4.92. The van der Waals surface area contributed by atoms with Crippen molar-refractivity contribution in [3.8, 4) is 0 Å². The first-order valence-corrected chi connectivity index (χ1v) is 5.30. The zero-order valence-electron chi connectivity index (χ0n) is 9.03. The van der Waals surface area contributed by atoms with Crippen LogP contribution < -0.4 is 5.32 Å². The van der Waals surface area contributed by atoms with Crippen LogP contribution in [-0.2, 0) is 0 Å². The van der Waals surface area contributed by atoms with Gasteiger partial charge >= 0.3 is 5.97 Å². The quantitative estimate of drug-likeness (QED) is 0.873. The Hall–Kier alpha value is -1.94. The van der Waals surface area contributed by atoms with Crippen molar-refractivity contribution in [1.29, 1.82) is 0 Å². The molecule has 1 aromatic heterocycles. The molecular weight excluding hydrogens is 242 g/mol. The third-order valence-corrected chi connectivity index (χ3v) is 2.51. The zero-order valence-corrected chi connectivity index (χ0v) is 9.78. The summed E-state index contributed by atoms with van der Waals surface area (Å²) in [6.07, 6.45) is 0. The van der Waals surface area contributed by atoms with E-state index in [0.717, 1.165) is 5.56 Å². The minimum absolute atomic E-state index is 0.115. The van der Waals surface area contributed by atoms with Crippen LogP contribution in [0.1, 0.15) is 16.1 Å². The fraction of sp³-hybridized carbons (Fsp3) is 0.0833. The molecule has 0 aliphatic heterocycles. The maximum absolute atomic E-state index is 10.6. The summed E-state index contributed by atoms with van der Waals surface area (Å²) >= 11 is 6.03. The second-order valence-corrected chi connectivity index (χ2v) is 3.98. The predicted octanol–water partition coefficient (Wildman–Crippen LogP) is 3.68. The van der Waals surface area contributed by atoms with E-state index in [0.29, 0.717) is 16.6 Å². The molecule has 0 aliphatic rings. The molecule has 0 saturated carbocycles. The minimum Gasteiger partial charge on any atom is -0.475 e. The highest BCUT2D eigenvalue weighted by Gasteiger charge is 2.09. The molecule has 0 saturated heterocycles. The molecule has 2 aromatic rings. The summed E-state index contributed by atoms with van der Waals surface area (Å²) in [4.78, 5) is 10.6. The van der Waals surface area contributed by atoms with Crippen molar-refractivity contribution in [3.63, 3.8) is 0 Å². The molecule has 0 spiro atoms. The van der Waals surface area contributed by atoms with Crippen LogP contribution in [0.4, 0.5) is 11.6 Å². The molecule has 1 aromatic carbocycles. The number of benzene rings is 1. The lowest BCUT2D eigenvalue weighted by molar-refractivity contribution is 0.0663. The molecule has 2 rings (SSSR count). The number of hydrogen-bond donors (Lipinski definition) is 2. The lowest BCUT2D eigenvalue weighted by Crippen LogP contribution is -1.93. The van der Waals surface area contributed by atoms with Crippen LogP contribution in [0.25, 0.3) is 0 Å². The van der Waals surface area contributed by atoms with E-state index >= 15 is 0 Å². The Kier molecular flexibility index (Phi) is 3.06. The van der Waals surface area contributed by atoms with Crippen molar-refractivity contribution in [2.75, 3.05) is 5.32 Å². The Morgan fingerprint density at radius 2 is 2.12 bits per heavy atom. The maximum Gasteiger partial charge on any atom is 0.371 e. The molecule has 88 valence electrons. The van der Waals surface area contributed by atoms with Crippen molar-refractivity contribution in [2.24, 2.45) is 0 Å². The van der Waals surface area contributed by atoms with Gasteiger partial charge < -0.3 is 14.8 Å². The highest BCUT2D eigenvalue weighted by Crippen LogP contribution is 2.27. The third kappa shape index (κ3) is 2.60. The van der Waals surface area contributed by atoms with Gasteiger partial charge in [0.1, 0.15) is 0 Å². The summed E-state index contributed by atoms with van der Waals surface area (Å²) < 4.78 is 5.06. The standard InChI is InChI=1S/C12H10ClNO3/c1-7-2-3-9(8(13)6-7)14-11-5-4-10(17-11)12(15)16/h2-6,14H,1H3,(H,15,16). The largest absolute Gasteiger partial charge is 0.475 e. The van der Waals surface area contributed by atoms with Crippen molar-refractivity contribution in [3.05, 3.63) is 46.7 Å². The average Bonchev–Trinajstić information content (AvgIpc) is 2.71. The topological polar surface area (TPSA) is 62.5 Å². The number of hydrogen-bond acceptors (Lipinski definition) is 3. The summed E-state index contributed by atoms with van der Waals surface area (Å²) in [6, 6.07) is 8.44. The molecule has 0 aliphatic carbocycles. The van der Waals surface area contributed by atoms with E-state index in [-0.39, 0.29) is 5.76 Å². The van der Waals surface area contributed by atoms with Gasteiger partial charge in [0, 0.05) is 6.07 Å². The van der Waals surface area contributed by atoms with E-state index < -0.39 is 5.97 Å². The van der Waals surface area contributed by atoms with E-state index in [1.807, 2.05) is 19.1 Å². The van der Waals surface area contributed by atoms with Crippen LogP contribution in [0, 0.1) is 6.92 Å². The molecule has 5 heteroatoms. The van der Waals surface area contributed by atoms with E-state index in [1.165, 1.54) is 6.07 Å². The smallest absolute Gasteiger partial charge is 0.371 e. The maximum atomic E-state index is 10.6. The van der Waals surface area contributed by atoms with Gasteiger partial charge in [-0.2, -0.15) is 0 Å². The van der Waals surface area contributed by atoms with Gasteiger partial charge in [-0.05, 0) is 30.7 Å². The number of carboxylic acid groups (broad SMARTS) is 1. The van der Waals surface area contributed by atoms with E-state index in [4.69, 9.17) is 21.1 Å². The number of anilines is 2. The number of nitrogens with one attached hydrogen (secondary N) is 1. The number of carbonyl (C=O) groups is 1. The normalized spacial score (nSPS) is 10.2. The Morgan fingerprint density at radius 3 is 2.71 bits per heavy atom. The van der Waals surface area contributed by atoms with Gasteiger partial charge in [0.25, 0.3) is 0 Å². The second kappa shape index (κ2) is 4.51. The fourth-order valence-corrected chi connectivity index (χ4v) is 1.66. The van der Waals surface area contributed by atoms with E-state index in [1.54, 1.807) is 12.1 Å². The molecule has 4 nitrogen and oxygen atoms in total. The molecule has 0 atom stereocenters. The first kappa shape index (κ1) is 11.5. The lowest BCUT2D eigenvalue weighted by atomic mass is 10.2. The van der Waals surface area contributed by atoms with Gasteiger partial charge in [-0.1, -0.05) is 17.7 Å². The number of halogens is 1. The van der Waals surface area contributed by atoms with Gasteiger partial charge in [0.15, 0.2) is 5.88 Å². The highest BCUT2D eigenvalue weighted by atomic mass is 35.5. The monoisotopic (exact) mass is 251 g/mol. The fourth-order valence-electron chi connectivity index (χ4n) is 1.37. The summed E-state index contributed by atoms with van der Waals surface area (Å²) in [7, 11) is 0. The molecule has 0 radical (unpaired) electrons. The van der Waals surface area contributed by atoms with E-state index in [9.17, 15) is 4.79 Å². The van der Waals surface area contributed by atoms with E-state index in [2.05, 4.69) is 5.32 Å². The highest BCUT2D eigenvalue weighted by molar-refractivity contribution is 6.33. The van der Waals surface area contributed by atoms with Crippen LogP contribution in [0.2, 0.25) is 5.02 Å². The first-order chi connectivity index (χ1) is 8.06. The van der Waals surface area contributed by atoms with Crippen LogP contribution in [0.15, 0.2) is 34.7 Å². The number of aromatic carboxylic acids is 1. The SMILES string of the molecule is Cc1ccc(Nc2ccc(C(=O)O)o2)c(Cl)c1. The molecule has 0 fully saturated rings. The van der Waals surface area contributed by atoms with Crippen molar-refractivity contribution in [2.45, 2.75) is 6.92 Å². The van der Waals surface area contributed by atoms with Crippen LogP contribution in [0.5, 0.6) is 0 Å². The Balaban J connectivity index is 2.22. The van der Waals surface area contributed by atoms with Crippen molar-refractivity contribution in [1.82, 2.24) is 0 Å². The number of furan rings is 1. The zero-order chi connectivity index (χ0) is 12.4. The average molecular weight is 252 g/mol. The van der Waals surface area contributed by atoms with Crippen molar-refractivity contribution >= 4 is 29.1 Å². The number of carboxylic acids is 1. The number of rotatable bonds is 3. The number of aryl methyl sites for hydroxylation is 1. The molecule has 17 heavy (non-hydrogen) atoms. The molecular formula is C12H10ClNO3. The minimum atomic E-state index is -1.10. The summed E-state index contributed by atoms with van der Waals surface area (Å²) in [5.41, 5.74) is 1.72. The van der Waals surface area contributed by atoms with Gasteiger partial charge in [0.05, 0.1) is 10.7 Å². The second-order valence-electron chi connectivity index (χ2n) is 3.58. The Labute approximate surface area is 103 Å². The van der Waals surface area contributed by atoms with Gasteiger partial charge in [-0.15, -0.1) is 0 Å². The molecule has 0 unspecified atom stereocenters. The molecule has 0 amide bonds. The third-order valence-electron chi connectivity index (χ3n) is 2.20. The summed E-state index contributed by atoms with van der Waals surface area (Å²) in [5.74, 6) is -0.878. The lowest BCUT2D eigenvalue weighted by Gasteiger charge is -2.05.